The fourth-order valence-corrected chi connectivity index (χ4v) is 2.89. The summed E-state index contributed by atoms with van der Waals surface area (Å²) in [6.45, 7) is 0. The van der Waals surface area contributed by atoms with Gasteiger partial charge in [0.15, 0.2) is 0 Å². The smallest absolute Gasteiger partial charge is 0.355 e. The molecule has 1 aromatic rings. The molecule has 8 heteroatoms. The Bertz CT molecular complexity index is 569. The summed E-state index contributed by atoms with van der Waals surface area (Å²) in [5.41, 5.74) is -5.11. The minimum atomic E-state index is -5.25. The zero-order valence-corrected chi connectivity index (χ0v) is 12.7. The van der Waals surface area contributed by atoms with Gasteiger partial charge in [-0.05, 0) is 46.9 Å². The highest BCUT2D eigenvalue weighted by Crippen LogP contribution is 2.62. The van der Waals surface area contributed by atoms with E-state index in [9.17, 15) is 26.3 Å². The van der Waals surface area contributed by atoms with E-state index in [-0.39, 0.29) is 17.9 Å². The molecule has 2 unspecified atom stereocenters. The second-order valence-corrected chi connectivity index (χ2v) is 6.11. The van der Waals surface area contributed by atoms with E-state index in [1.807, 2.05) is 0 Å². The molecule has 0 saturated carbocycles. The topological polar surface area (TPSA) is 9.23 Å². The van der Waals surface area contributed by atoms with Crippen molar-refractivity contribution in [1.29, 1.82) is 0 Å². The van der Waals surface area contributed by atoms with Gasteiger partial charge < -0.3 is 4.74 Å². The third-order valence-corrected chi connectivity index (χ3v) is 4.40. The van der Waals surface area contributed by atoms with Crippen LogP contribution in [0.25, 0.3) is 0 Å². The summed E-state index contributed by atoms with van der Waals surface area (Å²) in [4.78, 5) is 0. The summed E-state index contributed by atoms with van der Waals surface area (Å²) in [5.74, 6) is -9.86. The van der Waals surface area contributed by atoms with E-state index < -0.39 is 26.8 Å². The van der Waals surface area contributed by atoms with Crippen LogP contribution in [0.4, 0.5) is 26.3 Å². The molecule has 0 bridgehead atoms. The van der Waals surface area contributed by atoms with Crippen LogP contribution in [-0.4, -0.2) is 22.6 Å². The summed E-state index contributed by atoms with van der Waals surface area (Å²) in [7, 11) is 1.28. The Morgan fingerprint density at radius 2 is 1.43 bits per heavy atom. The van der Waals surface area contributed by atoms with E-state index >= 15 is 0 Å². The van der Waals surface area contributed by atoms with Crippen LogP contribution in [0, 0.1) is 0 Å². The first kappa shape index (κ1) is 16.4. The molecule has 0 spiro atoms. The van der Waals surface area contributed by atoms with Gasteiger partial charge in [0.25, 0.3) is 5.67 Å². The van der Waals surface area contributed by atoms with E-state index in [0.29, 0.717) is 0 Å². The molecule has 0 fully saturated rings. The first-order chi connectivity index (χ1) is 9.49. The third kappa shape index (κ3) is 2.13. The Kier molecular flexibility index (Phi) is 3.75. The Morgan fingerprint density at radius 3 is 1.90 bits per heavy atom. The van der Waals surface area contributed by atoms with Gasteiger partial charge in [-0.3, -0.25) is 0 Å². The van der Waals surface area contributed by atoms with Crippen LogP contribution in [0.5, 0.6) is 5.75 Å². The molecule has 0 heterocycles. The zero-order chi connectivity index (χ0) is 16.1. The van der Waals surface area contributed by atoms with Crippen molar-refractivity contribution in [2.24, 2.45) is 0 Å². The molecule has 2 atom stereocenters. The van der Waals surface area contributed by atoms with Crippen molar-refractivity contribution in [3.05, 3.63) is 42.0 Å². The highest BCUT2D eigenvalue weighted by Gasteiger charge is 2.78. The Morgan fingerprint density at radius 1 is 0.905 bits per heavy atom. The van der Waals surface area contributed by atoms with Crippen molar-refractivity contribution in [3.8, 4) is 5.75 Å². The van der Waals surface area contributed by atoms with Crippen molar-refractivity contribution in [2.45, 2.75) is 21.2 Å². The fraction of sp³-hybridized carbons (Fsp3) is 0.385. The van der Waals surface area contributed by atoms with Crippen LogP contribution < -0.4 is 4.74 Å². The lowest BCUT2D eigenvalue weighted by Gasteiger charge is -2.44. The average molecular weight is 422 g/mol. The molecule has 0 aliphatic heterocycles. The molecular weight excluding hydrogens is 413 g/mol. The lowest BCUT2D eigenvalue weighted by molar-refractivity contribution is -0.276. The van der Waals surface area contributed by atoms with Crippen LogP contribution in [0.3, 0.4) is 0 Å². The second kappa shape index (κ2) is 4.79. The lowest BCUT2D eigenvalue weighted by Crippen LogP contribution is -2.63. The molecule has 116 valence electrons. The predicted molar refractivity (Wildman–Crippen MR) is 72.7 cm³/mol. The largest absolute Gasteiger partial charge is 0.497 e. The van der Waals surface area contributed by atoms with Gasteiger partial charge in [-0.15, -0.1) is 0 Å². The summed E-state index contributed by atoms with van der Waals surface area (Å²) >= 11 is 0.760. The Balaban J connectivity index is 2.67. The molecule has 0 N–H and O–H groups in total. The van der Waals surface area contributed by atoms with Crippen molar-refractivity contribution < 1.29 is 31.1 Å². The maximum atomic E-state index is 14.9. The molecule has 0 aromatic heterocycles. The van der Waals surface area contributed by atoms with Crippen molar-refractivity contribution >= 4 is 22.6 Å². The number of hydrogen-bond donors (Lipinski definition) is 0. The van der Waals surface area contributed by atoms with E-state index in [2.05, 4.69) is 0 Å². The van der Waals surface area contributed by atoms with Gasteiger partial charge in [0, 0.05) is 5.56 Å². The molecule has 1 nitrogen and oxygen atoms in total. The molecular formula is C13H9F6IO. The van der Waals surface area contributed by atoms with Crippen LogP contribution in [-0.2, 0) is 5.67 Å². The average Bonchev–Trinajstić information content (AvgIpc) is 2.43. The quantitative estimate of drug-likeness (QED) is 0.288. The first-order valence-corrected chi connectivity index (χ1v) is 6.75. The van der Waals surface area contributed by atoms with Crippen LogP contribution in [0.1, 0.15) is 5.56 Å². The van der Waals surface area contributed by atoms with Gasteiger partial charge in [0.2, 0.25) is 3.68 Å². The first-order valence-electron chi connectivity index (χ1n) is 5.67. The van der Waals surface area contributed by atoms with Crippen molar-refractivity contribution in [3.63, 3.8) is 0 Å². The standard InChI is InChI=1S/C13H9F6IO/c1-21-9-4-2-8(3-5-9)12(17)11(16,20)7-6-10(14,15)13(12,18)19/h2-7H,1H3. The number of alkyl halides is 7. The maximum absolute atomic E-state index is 14.9. The Labute approximate surface area is 130 Å². The van der Waals surface area contributed by atoms with Crippen LogP contribution in [0.2, 0.25) is 0 Å². The molecule has 1 aliphatic carbocycles. The number of halogens is 7. The minimum Gasteiger partial charge on any atom is -0.497 e. The molecule has 1 aromatic carbocycles. The van der Waals surface area contributed by atoms with Gasteiger partial charge in [-0.2, -0.15) is 17.6 Å². The van der Waals surface area contributed by atoms with Crippen LogP contribution >= 0.6 is 22.6 Å². The third-order valence-electron chi connectivity index (χ3n) is 3.30. The molecule has 1 aliphatic rings. The second-order valence-electron chi connectivity index (χ2n) is 4.54. The van der Waals surface area contributed by atoms with E-state index in [4.69, 9.17) is 4.74 Å². The van der Waals surface area contributed by atoms with E-state index in [0.717, 1.165) is 46.9 Å². The number of hydrogen-bond acceptors (Lipinski definition) is 1. The van der Waals surface area contributed by atoms with Gasteiger partial charge >= 0.3 is 11.8 Å². The number of methoxy groups -OCH3 is 1. The predicted octanol–water partition coefficient (Wildman–Crippen LogP) is 4.80. The van der Waals surface area contributed by atoms with E-state index in [1.54, 1.807) is 0 Å². The molecule has 0 radical (unpaired) electrons. The fourth-order valence-electron chi connectivity index (χ4n) is 2.06. The van der Waals surface area contributed by atoms with Gasteiger partial charge in [0.05, 0.1) is 7.11 Å². The number of ether oxygens (including phenoxy) is 1. The summed E-state index contributed by atoms with van der Waals surface area (Å²) in [6, 6.07) is 3.79. The maximum Gasteiger partial charge on any atom is 0.355 e. The summed E-state index contributed by atoms with van der Waals surface area (Å²) < 4.78 is 85.3. The van der Waals surface area contributed by atoms with Gasteiger partial charge in [0.1, 0.15) is 5.75 Å². The van der Waals surface area contributed by atoms with E-state index in [1.165, 1.54) is 7.11 Å². The highest BCUT2D eigenvalue weighted by molar-refractivity contribution is 14.1. The summed E-state index contributed by atoms with van der Waals surface area (Å²) in [5, 5.41) is 0. The SMILES string of the molecule is COc1ccc(C2(F)C(F)(I)C=CC(F)(F)C2(F)F)cc1. The van der Waals surface area contributed by atoms with Crippen LogP contribution in [0.15, 0.2) is 36.4 Å². The molecule has 0 saturated heterocycles. The normalized spacial score (nSPS) is 33.7. The van der Waals surface area contributed by atoms with Crippen molar-refractivity contribution in [2.75, 3.05) is 7.11 Å². The number of benzene rings is 1. The lowest BCUT2D eigenvalue weighted by atomic mass is 9.78. The Hall–Kier alpha value is -0.930. The number of rotatable bonds is 2. The van der Waals surface area contributed by atoms with Gasteiger partial charge in [-0.25, -0.2) is 8.78 Å². The number of allylic oxidation sites excluding steroid dienone is 2. The van der Waals surface area contributed by atoms with Gasteiger partial charge in [-0.1, -0.05) is 12.1 Å². The minimum absolute atomic E-state index is 0.120. The molecule has 0 amide bonds. The molecule has 2 rings (SSSR count). The summed E-state index contributed by atoms with van der Waals surface area (Å²) in [6.07, 6.45) is -0.185. The monoisotopic (exact) mass is 422 g/mol. The molecule has 21 heavy (non-hydrogen) atoms. The zero-order valence-electron chi connectivity index (χ0n) is 10.5. The van der Waals surface area contributed by atoms with Crippen molar-refractivity contribution in [1.82, 2.24) is 0 Å². The highest BCUT2D eigenvalue weighted by atomic mass is 127.